The van der Waals surface area contributed by atoms with Gasteiger partial charge in [0.1, 0.15) is 0 Å². The fraction of sp³-hybridized carbons (Fsp3) is 0.455. The fourth-order valence-corrected chi connectivity index (χ4v) is 16.1. The molecule has 2 N–H and O–H groups in total. The maximum Gasteiger partial charge on any atom is 0.335 e. The lowest BCUT2D eigenvalue weighted by atomic mass is 9.72. The number of carboxylic acid groups (broad SMARTS) is 2. The van der Waals surface area contributed by atoms with Gasteiger partial charge in [0.15, 0.2) is 0 Å². The molecule has 6 aliphatic rings. The molecule has 0 radical (unpaired) electrons. The fourth-order valence-electron chi connectivity index (χ4n) is 16.1. The van der Waals surface area contributed by atoms with Gasteiger partial charge in [0.2, 0.25) is 0 Å². The van der Waals surface area contributed by atoms with E-state index in [9.17, 15) is 29.4 Å². The van der Waals surface area contributed by atoms with Crippen molar-refractivity contribution in [1.82, 2.24) is 28.1 Å². The number of carboxylic acids is 2. The number of methoxy groups -OCH3 is 1. The van der Waals surface area contributed by atoms with E-state index in [0.29, 0.717) is 55.2 Å². The Morgan fingerprint density at radius 1 is 0.544 bits per heavy atom. The smallest absolute Gasteiger partial charge is 0.335 e. The van der Waals surface area contributed by atoms with Crippen LogP contribution >= 0.6 is 0 Å². The Morgan fingerprint density at radius 2 is 1.15 bits per heavy atom. The largest absolute Gasteiger partial charge is 0.478 e. The third-order valence-electron chi connectivity index (χ3n) is 19.9. The summed E-state index contributed by atoms with van der Waals surface area (Å²) >= 11 is 0. The van der Waals surface area contributed by atoms with E-state index in [1.807, 2.05) is 49.7 Å². The van der Waals surface area contributed by atoms with Gasteiger partial charge in [-0.15, -0.1) is 0 Å². The van der Waals surface area contributed by atoms with Crippen LogP contribution in [-0.4, -0.2) is 101 Å². The second kappa shape index (κ2) is 20.3. The zero-order valence-electron chi connectivity index (χ0n) is 45.6. The van der Waals surface area contributed by atoms with Crippen LogP contribution in [0.4, 0.5) is 0 Å². The second-order valence-corrected chi connectivity index (χ2v) is 24.3. The van der Waals surface area contributed by atoms with Crippen molar-refractivity contribution in [1.29, 1.82) is 0 Å². The molecule has 0 bridgehead atoms. The van der Waals surface area contributed by atoms with E-state index < -0.39 is 23.6 Å². The first-order valence-corrected chi connectivity index (χ1v) is 29.7. The predicted octanol–water partition coefficient (Wildman–Crippen LogP) is 13.1. The van der Waals surface area contributed by atoms with E-state index in [1.54, 1.807) is 11.0 Å². The van der Waals surface area contributed by atoms with Gasteiger partial charge < -0.3 is 38.1 Å². The predicted molar refractivity (Wildman–Crippen MR) is 308 cm³/mol. The zero-order valence-corrected chi connectivity index (χ0v) is 45.6. The van der Waals surface area contributed by atoms with Crippen molar-refractivity contribution >= 4 is 67.2 Å². The van der Waals surface area contributed by atoms with Crippen molar-refractivity contribution in [2.75, 3.05) is 33.3 Å². The molecule has 13 heteroatoms. The Labute approximate surface area is 460 Å². The number of hydrogen-bond donors (Lipinski definition) is 2. The molecule has 1 atom stereocenters. The van der Waals surface area contributed by atoms with Gasteiger partial charge in [0.25, 0.3) is 11.7 Å². The molecule has 4 aliphatic heterocycles. The van der Waals surface area contributed by atoms with Crippen LogP contribution in [0.3, 0.4) is 0 Å². The van der Waals surface area contributed by atoms with Crippen LogP contribution in [0.1, 0.15) is 156 Å². The highest BCUT2D eigenvalue weighted by Crippen LogP contribution is 2.52. The Morgan fingerprint density at radius 3 is 1.81 bits per heavy atom. The minimum absolute atomic E-state index is 0.186. The molecule has 2 aliphatic carbocycles. The Hall–Kier alpha value is -6.96. The normalized spacial score (nSPS) is 21.4. The monoisotopic (exact) mass is 1060 g/mol. The van der Waals surface area contributed by atoms with Crippen molar-refractivity contribution in [3.8, 4) is 22.5 Å². The molecule has 4 aromatic heterocycles. The molecule has 4 aromatic carbocycles. The summed E-state index contributed by atoms with van der Waals surface area (Å²) in [7, 11) is 1.83. The number of aromatic carboxylic acids is 2. The maximum atomic E-state index is 14.3. The lowest BCUT2D eigenvalue weighted by Gasteiger charge is -2.37. The van der Waals surface area contributed by atoms with Gasteiger partial charge in [0.05, 0.1) is 45.2 Å². The lowest BCUT2D eigenvalue weighted by Crippen LogP contribution is -2.40. The van der Waals surface area contributed by atoms with Crippen LogP contribution < -0.4 is 0 Å². The topological polar surface area (TPSA) is 144 Å². The molecule has 8 heterocycles. The van der Waals surface area contributed by atoms with Crippen LogP contribution in [0.15, 0.2) is 85.2 Å². The van der Waals surface area contributed by atoms with Crippen molar-refractivity contribution in [3.05, 3.63) is 119 Å². The van der Waals surface area contributed by atoms with Crippen LogP contribution in [-0.2, 0) is 42.3 Å². The average Bonchev–Trinajstić information content (AvgIpc) is 4.29. The van der Waals surface area contributed by atoms with Gasteiger partial charge in [-0.25, -0.2) is 9.59 Å². The Balaban J connectivity index is 0.868. The molecule has 1 unspecified atom stereocenters. The van der Waals surface area contributed by atoms with E-state index in [1.165, 1.54) is 63.5 Å². The first-order valence-electron chi connectivity index (χ1n) is 29.7. The standard InChI is InChI=1S/C66H72N6O7/c1-79-47-25-31-67(32-26-47)35-46-37-70-36-45(38-72-56-34-44(66(77)78)22-24-51(56)57(41-11-4-2-5-12-41)62(72)52-15-8-13-48(46)59(52)70)40-17-19-42(20-18-40)58-50-23-21-43(65(75)76)33-55(50)71-30-10-29-69-39-54(49-14-9-16-53(60(49)69)61(58)71)63(73)64(74)68-27-6-3-7-28-68/h8-9,13-16,21-24,33-34,37,39-42,45,47H,2-7,10-12,17-20,25-32,35-36,38H2,1H3,(H,75,76)(H,77,78). The van der Waals surface area contributed by atoms with E-state index in [2.05, 4.69) is 59.7 Å². The van der Waals surface area contributed by atoms with E-state index in [-0.39, 0.29) is 17.4 Å². The second-order valence-electron chi connectivity index (χ2n) is 24.3. The molecule has 0 spiro atoms. The van der Waals surface area contributed by atoms with Gasteiger partial charge in [-0.2, -0.15) is 0 Å². The maximum absolute atomic E-state index is 14.3. The minimum atomic E-state index is -0.952. The SMILES string of the molecule is COC1CCN(Cc2cn3c4c(cccc24)-c2c(C4CCCCC4)c4ccc(C(=O)O)cc4n2CC(C2CCC(c4c5n(c6cc(C(=O)O)ccc46)CCCn4cc(C(=O)C(=O)N6CCCCC6)c6cccc-5c64)CC2)C3)CC1. The van der Waals surface area contributed by atoms with Crippen molar-refractivity contribution in [3.63, 3.8) is 0 Å². The summed E-state index contributed by atoms with van der Waals surface area (Å²) in [5.41, 5.74) is 13.9. The van der Waals surface area contributed by atoms with Crippen LogP contribution in [0.2, 0.25) is 0 Å². The number of amides is 1. The third kappa shape index (κ3) is 8.55. The number of carbonyl (C=O) groups excluding carboxylic acids is 2. The van der Waals surface area contributed by atoms with E-state index in [0.717, 1.165) is 148 Å². The summed E-state index contributed by atoms with van der Waals surface area (Å²) < 4.78 is 15.5. The molecule has 2 saturated carbocycles. The quantitative estimate of drug-likeness (QED) is 0.102. The number of likely N-dealkylation sites (tertiary alicyclic amines) is 2. The van der Waals surface area contributed by atoms with E-state index in [4.69, 9.17) is 4.74 Å². The third-order valence-corrected chi connectivity index (χ3v) is 19.9. The Bertz CT molecular complexity index is 3750. The molecular weight excluding hydrogens is 989 g/mol. The number of aryl methyl sites for hydroxylation is 2. The summed E-state index contributed by atoms with van der Waals surface area (Å²) in [6.07, 6.45) is 20.3. The van der Waals surface area contributed by atoms with Crippen LogP contribution in [0.5, 0.6) is 0 Å². The average molecular weight is 1060 g/mol. The Kier molecular flexibility index (Phi) is 12.9. The minimum Gasteiger partial charge on any atom is -0.478 e. The number of hydrogen-bond acceptors (Lipinski definition) is 6. The number of fused-ring (bicyclic) bond motifs is 8. The van der Waals surface area contributed by atoms with Gasteiger partial charge in [-0.3, -0.25) is 14.5 Å². The molecule has 8 aromatic rings. The number of aromatic nitrogens is 4. The van der Waals surface area contributed by atoms with Gasteiger partial charge in [-0.1, -0.05) is 67.8 Å². The number of carbonyl (C=O) groups is 4. The molecule has 79 heavy (non-hydrogen) atoms. The van der Waals surface area contributed by atoms with Gasteiger partial charge in [0, 0.05) is 122 Å². The first-order chi connectivity index (χ1) is 38.6. The lowest BCUT2D eigenvalue weighted by molar-refractivity contribution is -0.127. The highest BCUT2D eigenvalue weighted by molar-refractivity contribution is 6.45. The first kappa shape index (κ1) is 50.3. The highest BCUT2D eigenvalue weighted by atomic mass is 16.5. The molecule has 408 valence electrons. The molecule has 1 amide bonds. The number of ether oxygens (including phenoxy) is 1. The summed E-state index contributed by atoms with van der Waals surface area (Å²) in [5, 5.41) is 25.2. The van der Waals surface area contributed by atoms with Crippen molar-refractivity contribution in [2.45, 2.75) is 147 Å². The van der Waals surface area contributed by atoms with Crippen LogP contribution in [0, 0.1) is 11.8 Å². The summed E-state index contributed by atoms with van der Waals surface area (Å²) in [6.45, 7) is 7.09. The highest BCUT2D eigenvalue weighted by Gasteiger charge is 2.38. The number of ketones is 1. The molecule has 2 saturated heterocycles. The number of rotatable bonds is 10. The molecule has 4 fully saturated rings. The van der Waals surface area contributed by atoms with Crippen molar-refractivity contribution in [2.24, 2.45) is 11.8 Å². The van der Waals surface area contributed by atoms with Crippen molar-refractivity contribution < 1.29 is 34.1 Å². The number of Topliss-reactive ketones (excluding diaryl/α,β-unsaturated/α-hetero) is 1. The number of benzene rings is 4. The van der Waals surface area contributed by atoms with Gasteiger partial charge in [-0.05, 0) is 142 Å². The molecular formula is C66H72N6O7. The number of para-hydroxylation sites is 2. The zero-order chi connectivity index (χ0) is 53.6. The summed E-state index contributed by atoms with van der Waals surface area (Å²) in [6, 6.07) is 24.7. The molecule has 13 nitrogen and oxygen atoms in total. The summed E-state index contributed by atoms with van der Waals surface area (Å²) in [5.74, 6) is -1.51. The molecule has 14 rings (SSSR count). The number of nitrogens with zero attached hydrogens (tertiary/aromatic N) is 6. The van der Waals surface area contributed by atoms with Crippen LogP contribution in [0.25, 0.3) is 66.1 Å². The van der Waals surface area contributed by atoms with Gasteiger partial charge >= 0.3 is 11.9 Å². The number of piperidine rings is 2. The van der Waals surface area contributed by atoms with E-state index >= 15 is 0 Å². The summed E-state index contributed by atoms with van der Waals surface area (Å²) in [4.78, 5) is 57.8.